The summed E-state index contributed by atoms with van der Waals surface area (Å²) in [5.41, 5.74) is 0.799. The Morgan fingerprint density at radius 1 is 1.33 bits per heavy atom. The second kappa shape index (κ2) is 7.42. The van der Waals surface area contributed by atoms with E-state index in [1.165, 1.54) is 6.92 Å². The molecule has 2 N–H and O–H groups in total. The zero-order valence-electron chi connectivity index (χ0n) is 13.3. The van der Waals surface area contributed by atoms with Crippen molar-refractivity contribution in [1.82, 2.24) is 4.98 Å². The minimum Gasteiger partial charge on any atom is -0.494 e. The van der Waals surface area contributed by atoms with Gasteiger partial charge in [-0.3, -0.25) is 4.79 Å². The van der Waals surface area contributed by atoms with Gasteiger partial charge < -0.3 is 15.0 Å². The van der Waals surface area contributed by atoms with E-state index < -0.39 is 11.7 Å². The largest absolute Gasteiger partial charge is 0.494 e. The van der Waals surface area contributed by atoms with Crippen molar-refractivity contribution in [3.05, 3.63) is 36.5 Å². The van der Waals surface area contributed by atoms with Crippen molar-refractivity contribution in [2.45, 2.75) is 32.4 Å². The second-order valence-corrected chi connectivity index (χ2v) is 5.50. The summed E-state index contributed by atoms with van der Waals surface area (Å²) in [4.78, 5) is 14.2. The van der Waals surface area contributed by atoms with E-state index in [2.05, 4.69) is 16.9 Å². The quantitative estimate of drug-likeness (QED) is 0.562. The lowest BCUT2D eigenvalue weighted by Gasteiger charge is -2.10. The number of allylic oxidation sites excluding steroid dienone is 1. The third kappa shape index (κ3) is 4.78. The lowest BCUT2D eigenvalue weighted by Crippen LogP contribution is -2.10. The Labute approximate surface area is 137 Å². The standard InChI is InChI=1S/C17H19F3N2O2/c1-11(17(18,19)20)5-3-4-8-24-13-6-7-15-14(9-13)16(10-21-15)22-12(2)23/h6-7,9-10,21H,1,3-5,8H2,2H3,(H,22,23). The van der Waals surface area contributed by atoms with Crippen LogP contribution >= 0.6 is 0 Å². The first-order chi connectivity index (χ1) is 11.3. The highest BCUT2D eigenvalue weighted by molar-refractivity contribution is 6.01. The number of hydrogen-bond donors (Lipinski definition) is 2. The van der Waals surface area contributed by atoms with E-state index in [0.29, 0.717) is 30.9 Å². The van der Waals surface area contributed by atoms with Gasteiger partial charge in [-0.2, -0.15) is 13.2 Å². The number of amides is 1. The molecule has 1 aromatic heterocycles. The van der Waals surface area contributed by atoms with Crippen molar-refractivity contribution in [1.29, 1.82) is 0 Å². The molecule has 24 heavy (non-hydrogen) atoms. The van der Waals surface area contributed by atoms with Crippen molar-refractivity contribution < 1.29 is 22.7 Å². The molecule has 0 aliphatic heterocycles. The van der Waals surface area contributed by atoms with E-state index >= 15 is 0 Å². The van der Waals surface area contributed by atoms with Gasteiger partial charge in [-0.25, -0.2) is 0 Å². The number of benzene rings is 1. The number of alkyl halides is 3. The lowest BCUT2D eigenvalue weighted by atomic mass is 10.1. The van der Waals surface area contributed by atoms with E-state index in [1.807, 2.05) is 6.07 Å². The number of unbranched alkanes of at least 4 members (excludes halogenated alkanes) is 1. The van der Waals surface area contributed by atoms with Crippen LogP contribution in [0.15, 0.2) is 36.5 Å². The fourth-order valence-electron chi connectivity index (χ4n) is 2.25. The fourth-order valence-corrected chi connectivity index (χ4v) is 2.25. The Balaban J connectivity index is 1.87. The number of H-pyrrole nitrogens is 1. The van der Waals surface area contributed by atoms with Gasteiger partial charge in [0.1, 0.15) is 5.75 Å². The zero-order valence-corrected chi connectivity index (χ0v) is 13.3. The molecule has 0 radical (unpaired) electrons. The van der Waals surface area contributed by atoms with Crippen LogP contribution in [0.25, 0.3) is 10.9 Å². The number of nitrogens with one attached hydrogen (secondary N) is 2. The maximum Gasteiger partial charge on any atom is 0.412 e. The van der Waals surface area contributed by atoms with Crippen LogP contribution in [0.2, 0.25) is 0 Å². The van der Waals surface area contributed by atoms with Gasteiger partial charge >= 0.3 is 6.18 Å². The molecule has 1 amide bonds. The van der Waals surface area contributed by atoms with Crippen molar-refractivity contribution in [3.8, 4) is 5.75 Å². The number of fused-ring (bicyclic) bond motifs is 1. The number of aromatic amines is 1. The van der Waals surface area contributed by atoms with Crippen molar-refractivity contribution in [3.63, 3.8) is 0 Å². The van der Waals surface area contributed by atoms with Crippen LogP contribution < -0.4 is 10.1 Å². The van der Waals surface area contributed by atoms with Crippen LogP contribution in [0.3, 0.4) is 0 Å². The van der Waals surface area contributed by atoms with Crippen LogP contribution in [0.4, 0.5) is 18.9 Å². The molecule has 0 unspecified atom stereocenters. The molecule has 1 aromatic carbocycles. The maximum atomic E-state index is 12.3. The molecule has 2 aromatic rings. The lowest BCUT2D eigenvalue weighted by molar-refractivity contribution is -0.114. The van der Waals surface area contributed by atoms with Crippen LogP contribution in [-0.2, 0) is 4.79 Å². The molecule has 2 rings (SSSR count). The predicted octanol–water partition coefficient (Wildman–Crippen LogP) is 4.79. The third-order valence-electron chi connectivity index (χ3n) is 3.51. The summed E-state index contributed by atoms with van der Waals surface area (Å²) in [6.07, 6.45) is -1.85. The Bertz CT molecular complexity index is 735. The minimum absolute atomic E-state index is 0.0869. The van der Waals surface area contributed by atoms with Crippen LogP contribution in [0.1, 0.15) is 26.2 Å². The van der Waals surface area contributed by atoms with Gasteiger partial charge in [-0.1, -0.05) is 6.58 Å². The molecule has 0 bridgehead atoms. The summed E-state index contributed by atoms with van der Waals surface area (Å²) in [6.45, 7) is 4.78. The van der Waals surface area contributed by atoms with E-state index in [-0.39, 0.29) is 12.3 Å². The van der Waals surface area contributed by atoms with E-state index in [1.54, 1.807) is 18.3 Å². The van der Waals surface area contributed by atoms with E-state index in [4.69, 9.17) is 4.74 Å². The Morgan fingerprint density at radius 3 is 2.75 bits per heavy atom. The molecule has 0 atom stereocenters. The predicted molar refractivity (Wildman–Crippen MR) is 87.1 cm³/mol. The van der Waals surface area contributed by atoms with Crippen molar-refractivity contribution in [2.24, 2.45) is 0 Å². The summed E-state index contributed by atoms with van der Waals surface area (Å²) in [5.74, 6) is 0.426. The molecule has 0 aliphatic carbocycles. The van der Waals surface area contributed by atoms with Gasteiger partial charge in [0.25, 0.3) is 0 Å². The summed E-state index contributed by atoms with van der Waals surface area (Å²) in [6, 6.07) is 5.37. The summed E-state index contributed by atoms with van der Waals surface area (Å²) in [7, 11) is 0. The van der Waals surface area contributed by atoms with Crippen LogP contribution in [0.5, 0.6) is 5.75 Å². The SMILES string of the molecule is C=C(CCCCOc1ccc2[nH]cc(NC(C)=O)c2c1)C(F)(F)F. The monoisotopic (exact) mass is 340 g/mol. The highest BCUT2D eigenvalue weighted by atomic mass is 19.4. The van der Waals surface area contributed by atoms with Crippen LogP contribution in [0, 0.1) is 0 Å². The van der Waals surface area contributed by atoms with Gasteiger partial charge in [-0.15, -0.1) is 0 Å². The molecule has 0 saturated carbocycles. The summed E-state index contributed by atoms with van der Waals surface area (Å²) in [5, 5.41) is 3.53. The number of hydrogen-bond acceptors (Lipinski definition) is 2. The van der Waals surface area contributed by atoms with Gasteiger partial charge in [0.05, 0.1) is 12.3 Å². The number of aromatic nitrogens is 1. The molecular formula is C17H19F3N2O2. The van der Waals surface area contributed by atoms with Gasteiger partial charge in [-0.05, 0) is 37.5 Å². The topological polar surface area (TPSA) is 54.1 Å². The number of anilines is 1. The van der Waals surface area contributed by atoms with Crippen LogP contribution in [-0.4, -0.2) is 23.7 Å². The highest BCUT2D eigenvalue weighted by Gasteiger charge is 2.30. The Hall–Kier alpha value is -2.44. The number of carbonyl (C=O) groups excluding carboxylic acids is 1. The Kier molecular flexibility index (Phi) is 5.54. The average Bonchev–Trinajstić information content (AvgIpc) is 2.87. The third-order valence-corrected chi connectivity index (χ3v) is 3.51. The van der Waals surface area contributed by atoms with Gasteiger partial charge in [0, 0.05) is 29.6 Å². The minimum atomic E-state index is -4.32. The number of ether oxygens (including phenoxy) is 1. The molecule has 0 fully saturated rings. The van der Waals surface area contributed by atoms with Crippen molar-refractivity contribution in [2.75, 3.05) is 11.9 Å². The van der Waals surface area contributed by atoms with E-state index in [0.717, 1.165) is 10.9 Å². The second-order valence-electron chi connectivity index (χ2n) is 5.50. The first-order valence-electron chi connectivity index (χ1n) is 7.54. The molecular weight excluding hydrogens is 321 g/mol. The average molecular weight is 340 g/mol. The van der Waals surface area contributed by atoms with E-state index in [9.17, 15) is 18.0 Å². The normalized spacial score (nSPS) is 11.5. The smallest absolute Gasteiger partial charge is 0.412 e. The summed E-state index contributed by atoms with van der Waals surface area (Å²) < 4.78 is 42.5. The number of carbonyl (C=O) groups is 1. The number of rotatable bonds is 7. The first-order valence-corrected chi connectivity index (χ1v) is 7.54. The fraction of sp³-hybridized carbons (Fsp3) is 0.353. The molecule has 4 nitrogen and oxygen atoms in total. The van der Waals surface area contributed by atoms with Crippen molar-refractivity contribution >= 4 is 22.5 Å². The Morgan fingerprint density at radius 2 is 2.08 bits per heavy atom. The highest BCUT2D eigenvalue weighted by Crippen LogP contribution is 2.29. The molecule has 130 valence electrons. The molecule has 0 saturated heterocycles. The molecule has 0 spiro atoms. The van der Waals surface area contributed by atoms with Gasteiger partial charge in [0.15, 0.2) is 0 Å². The zero-order chi connectivity index (χ0) is 17.7. The van der Waals surface area contributed by atoms with Gasteiger partial charge in [0.2, 0.25) is 5.91 Å². The summed E-state index contributed by atoms with van der Waals surface area (Å²) >= 11 is 0. The molecule has 0 aliphatic rings. The first kappa shape index (κ1) is 17.9. The number of halogens is 3. The molecule has 7 heteroatoms. The molecule has 1 heterocycles. The maximum absolute atomic E-state index is 12.3.